The number of rotatable bonds is 4. The van der Waals surface area contributed by atoms with Crippen molar-refractivity contribution >= 4 is 11.9 Å². The SMILES string of the molecule is CN(CC1CCC1)c1nccc(C(=O)O)n1. The Morgan fingerprint density at radius 1 is 1.62 bits per heavy atom. The summed E-state index contributed by atoms with van der Waals surface area (Å²) in [4.78, 5) is 20.8. The van der Waals surface area contributed by atoms with Gasteiger partial charge in [0.2, 0.25) is 5.95 Å². The lowest BCUT2D eigenvalue weighted by Crippen LogP contribution is -2.30. The fourth-order valence-corrected chi connectivity index (χ4v) is 1.80. The van der Waals surface area contributed by atoms with Crippen LogP contribution in [-0.4, -0.2) is 34.6 Å². The molecule has 86 valence electrons. The van der Waals surface area contributed by atoms with E-state index in [0.717, 1.165) is 6.54 Å². The number of anilines is 1. The number of carboxylic acid groups (broad SMARTS) is 1. The number of aromatic nitrogens is 2. The first-order valence-electron chi connectivity index (χ1n) is 5.44. The quantitative estimate of drug-likeness (QED) is 0.832. The van der Waals surface area contributed by atoms with Gasteiger partial charge in [-0.3, -0.25) is 0 Å². The zero-order chi connectivity index (χ0) is 11.5. The van der Waals surface area contributed by atoms with Gasteiger partial charge in [-0.25, -0.2) is 14.8 Å². The lowest BCUT2D eigenvalue weighted by atomic mass is 9.85. The van der Waals surface area contributed by atoms with Crippen LogP contribution in [-0.2, 0) is 0 Å². The molecule has 5 heteroatoms. The summed E-state index contributed by atoms with van der Waals surface area (Å²) in [6.45, 7) is 0.906. The third kappa shape index (κ3) is 2.29. The third-order valence-corrected chi connectivity index (χ3v) is 2.96. The van der Waals surface area contributed by atoms with Gasteiger partial charge < -0.3 is 10.0 Å². The van der Waals surface area contributed by atoms with Crippen LogP contribution in [0.2, 0.25) is 0 Å². The van der Waals surface area contributed by atoms with Crippen molar-refractivity contribution in [1.82, 2.24) is 9.97 Å². The van der Waals surface area contributed by atoms with Gasteiger partial charge in [-0.05, 0) is 24.8 Å². The second-order valence-corrected chi connectivity index (χ2v) is 4.22. The maximum absolute atomic E-state index is 10.8. The molecule has 0 aromatic carbocycles. The van der Waals surface area contributed by atoms with Crippen molar-refractivity contribution in [1.29, 1.82) is 0 Å². The monoisotopic (exact) mass is 221 g/mol. The summed E-state index contributed by atoms with van der Waals surface area (Å²) in [5.74, 6) is 0.189. The fraction of sp³-hybridized carbons (Fsp3) is 0.545. The van der Waals surface area contributed by atoms with Crippen molar-refractivity contribution < 1.29 is 9.90 Å². The number of aromatic carboxylic acids is 1. The Labute approximate surface area is 94.1 Å². The minimum atomic E-state index is -1.01. The van der Waals surface area contributed by atoms with Crippen LogP contribution in [0.25, 0.3) is 0 Å². The predicted octanol–water partition coefficient (Wildman–Crippen LogP) is 1.41. The van der Waals surface area contributed by atoms with E-state index in [0.29, 0.717) is 11.9 Å². The van der Waals surface area contributed by atoms with E-state index < -0.39 is 5.97 Å². The Kier molecular flexibility index (Phi) is 3.03. The molecule has 1 aliphatic rings. The first-order chi connectivity index (χ1) is 7.66. The van der Waals surface area contributed by atoms with E-state index in [-0.39, 0.29) is 5.69 Å². The Hall–Kier alpha value is -1.65. The summed E-state index contributed by atoms with van der Waals surface area (Å²) in [6, 6.07) is 1.41. The lowest BCUT2D eigenvalue weighted by Gasteiger charge is -2.30. The van der Waals surface area contributed by atoms with Crippen LogP contribution in [0.5, 0.6) is 0 Å². The summed E-state index contributed by atoms with van der Waals surface area (Å²) in [6.07, 6.45) is 5.30. The Bertz CT molecular complexity index is 391. The zero-order valence-electron chi connectivity index (χ0n) is 9.26. The Morgan fingerprint density at radius 3 is 2.94 bits per heavy atom. The molecular formula is C11H15N3O2. The highest BCUT2D eigenvalue weighted by molar-refractivity contribution is 5.85. The molecule has 1 saturated carbocycles. The van der Waals surface area contributed by atoms with Crippen LogP contribution in [0.4, 0.5) is 5.95 Å². The van der Waals surface area contributed by atoms with Gasteiger partial charge in [-0.2, -0.15) is 0 Å². The van der Waals surface area contributed by atoms with Crippen LogP contribution < -0.4 is 4.90 Å². The predicted molar refractivity (Wildman–Crippen MR) is 59.6 cm³/mol. The highest BCUT2D eigenvalue weighted by Gasteiger charge is 2.20. The van der Waals surface area contributed by atoms with Crippen molar-refractivity contribution in [2.75, 3.05) is 18.5 Å². The molecule has 0 radical (unpaired) electrons. The number of hydrogen-bond acceptors (Lipinski definition) is 4. The molecule has 1 fully saturated rings. The van der Waals surface area contributed by atoms with Gasteiger partial charge in [-0.1, -0.05) is 6.42 Å². The second kappa shape index (κ2) is 4.47. The molecular weight excluding hydrogens is 206 g/mol. The standard InChI is InChI=1S/C11H15N3O2/c1-14(7-8-3-2-4-8)11-12-6-5-9(13-11)10(15)16/h5-6,8H,2-4,7H2,1H3,(H,15,16). The van der Waals surface area contributed by atoms with Crippen molar-refractivity contribution in [3.8, 4) is 0 Å². The van der Waals surface area contributed by atoms with Crippen LogP contribution in [0.1, 0.15) is 29.8 Å². The molecule has 0 spiro atoms. The molecule has 0 aliphatic heterocycles. The average molecular weight is 221 g/mol. The number of carbonyl (C=O) groups is 1. The lowest BCUT2D eigenvalue weighted by molar-refractivity contribution is 0.0690. The van der Waals surface area contributed by atoms with E-state index in [4.69, 9.17) is 5.11 Å². The van der Waals surface area contributed by atoms with E-state index in [1.807, 2.05) is 11.9 Å². The van der Waals surface area contributed by atoms with Gasteiger partial charge in [0.15, 0.2) is 5.69 Å². The fourth-order valence-electron chi connectivity index (χ4n) is 1.80. The average Bonchev–Trinajstić information content (AvgIpc) is 2.23. The van der Waals surface area contributed by atoms with Crippen molar-refractivity contribution in [2.45, 2.75) is 19.3 Å². The first kappa shape index (κ1) is 10.9. The first-order valence-corrected chi connectivity index (χ1v) is 5.44. The third-order valence-electron chi connectivity index (χ3n) is 2.96. The molecule has 1 aliphatic carbocycles. The molecule has 0 saturated heterocycles. The van der Waals surface area contributed by atoms with Crippen molar-refractivity contribution in [2.24, 2.45) is 5.92 Å². The van der Waals surface area contributed by atoms with E-state index in [2.05, 4.69) is 9.97 Å². The van der Waals surface area contributed by atoms with Gasteiger partial charge in [0.25, 0.3) is 0 Å². The molecule has 1 heterocycles. The Balaban J connectivity index is 2.06. The normalized spacial score (nSPS) is 15.6. The largest absolute Gasteiger partial charge is 0.477 e. The van der Waals surface area contributed by atoms with Gasteiger partial charge in [-0.15, -0.1) is 0 Å². The number of hydrogen-bond donors (Lipinski definition) is 1. The topological polar surface area (TPSA) is 66.3 Å². The van der Waals surface area contributed by atoms with Crippen LogP contribution in [0.3, 0.4) is 0 Å². The van der Waals surface area contributed by atoms with Gasteiger partial charge in [0.05, 0.1) is 0 Å². The van der Waals surface area contributed by atoms with E-state index >= 15 is 0 Å². The van der Waals surface area contributed by atoms with E-state index in [9.17, 15) is 4.79 Å². The minimum absolute atomic E-state index is 0.0467. The summed E-state index contributed by atoms with van der Waals surface area (Å²) in [5, 5.41) is 8.82. The molecule has 0 bridgehead atoms. The summed E-state index contributed by atoms with van der Waals surface area (Å²) in [7, 11) is 1.90. The Morgan fingerprint density at radius 2 is 2.38 bits per heavy atom. The molecule has 0 amide bonds. The van der Waals surface area contributed by atoms with Crippen molar-refractivity contribution in [3.05, 3.63) is 18.0 Å². The molecule has 2 rings (SSSR count). The van der Waals surface area contributed by atoms with Crippen molar-refractivity contribution in [3.63, 3.8) is 0 Å². The van der Waals surface area contributed by atoms with Gasteiger partial charge in [0, 0.05) is 19.8 Å². The molecule has 1 aromatic rings. The molecule has 5 nitrogen and oxygen atoms in total. The molecule has 0 atom stereocenters. The van der Waals surface area contributed by atoms with Crippen LogP contribution in [0, 0.1) is 5.92 Å². The number of nitrogens with zero attached hydrogens (tertiary/aromatic N) is 3. The summed E-state index contributed by atoms with van der Waals surface area (Å²) in [5.41, 5.74) is 0.0467. The van der Waals surface area contributed by atoms with Crippen LogP contribution in [0.15, 0.2) is 12.3 Å². The van der Waals surface area contributed by atoms with Crippen LogP contribution >= 0.6 is 0 Å². The molecule has 1 N–H and O–H groups in total. The van der Waals surface area contributed by atoms with Gasteiger partial charge in [0.1, 0.15) is 0 Å². The molecule has 1 aromatic heterocycles. The highest BCUT2D eigenvalue weighted by Crippen LogP contribution is 2.27. The van der Waals surface area contributed by atoms with Gasteiger partial charge >= 0.3 is 5.97 Å². The maximum atomic E-state index is 10.8. The van der Waals surface area contributed by atoms with E-state index in [1.54, 1.807) is 0 Å². The second-order valence-electron chi connectivity index (χ2n) is 4.22. The molecule has 16 heavy (non-hydrogen) atoms. The maximum Gasteiger partial charge on any atom is 0.354 e. The summed E-state index contributed by atoms with van der Waals surface area (Å²) < 4.78 is 0. The number of carboxylic acids is 1. The smallest absolute Gasteiger partial charge is 0.354 e. The van der Waals surface area contributed by atoms with E-state index in [1.165, 1.54) is 31.5 Å². The minimum Gasteiger partial charge on any atom is -0.477 e. The summed E-state index contributed by atoms with van der Waals surface area (Å²) >= 11 is 0. The zero-order valence-corrected chi connectivity index (χ0v) is 9.26. The highest BCUT2D eigenvalue weighted by atomic mass is 16.4. The molecule has 0 unspecified atom stereocenters.